The number of hydrogen-bond acceptors (Lipinski definition) is 8. The van der Waals surface area contributed by atoms with E-state index in [4.69, 9.17) is 19.9 Å². The van der Waals surface area contributed by atoms with Crippen LogP contribution in [0.25, 0.3) is 11.2 Å². The van der Waals surface area contributed by atoms with Crippen LogP contribution in [-0.4, -0.2) is 50.6 Å². The van der Waals surface area contributed by atoms with Gasteiger partial charge in [-0.05, 0) is 32.4 Å². The molecular weight excluding hydrogens is 398 g/mol. The zero-order valence-electron chi connectivity index (χ0n) is 17.5. The lowest BCUT2D eigenvalue weighted by atomic mass is 9.66. The van der Waals surface area contributed by atoms with Crippen molar-refractivity contribution in [3.63, 3.8) is 0 Å². The van der Waals surface area contributed by atoms with Crippen LogP contribution >= 0.6 is 0 Å². The van der Waals surface area contributed by atoms with Gasteiger partial charge in [0.1, 0.15) is 11.8 Å². The molecule has 31 heavy (non-hydrogen) atoms. The minimum atomic E-state index is -0.639. The van der Waals surface area contributed by atoms with E-state index >= 15 is 0 Å². The van der Waals surface area contributed by atoms with Crippen LogP contribution in [0, 0.1) is 11.8 Å². The second-order valence-electron chi connectivity index (χ2n) is 8.56. The quantitative estimate of drug-likeness (QED) is 0.623. The number of nitrogens with zero attached hydrogens (tertiary/aromatic N) is 4. The highest BCUT2D eigenvalue weighted by atomic mass is 16.7. The summed E-state index contributed by atoms with van der Waals surface area (Å²) >= 11 is 0. The first-order valence-corrected chi connectivity index (χ1v) is 10.4. The Bertz CT molecular complexity index is 1100. The average molecular weight is 423 g/mol. The third-order valence-corrected chi connectivity index (χ3v) is 6.17. The van der Waals surface area contributed by atoms with Gasteiger partial charge in [-0.25, -0.2) is 19.7 Å². The van der Waals surface area contributed by atoms with E-state index in [-0.39, 0.29) is 30.0 Å². The molecule has 9 heteroatoms. The maximum Gasteiger partial charge on any atom is 0.338 e. The molecule has 9 nitrogen and oxygen atoms in total. The predicted octanol–water partition coefficient (Wildman–Crippen LogP) is 2.59. The van der Waals surface area contributed by atoms with Gasteiger partial charge in [0.15, 0.2) is 17.3 Å². The van der Waals surface area contributed by atoms with Crippen molar-refractivity contribution in [2.45, 2.75) is 38.2 Å². The minimum Gasteiger partial charge on any atom is -0.462 e. The van der Waals surface area contributed by atoms with Gasteiger partial charge < -0.3 is 24.5 Å². The van der Waals surface area contributed by atoms with Crippen LogP contribution in [0.1, 0.15) is 36.7 Å². The van der Waals surface area contributed by atoms with Gasteiger partial charge in [0.05, 0.1) is 31.2 Å². The van der Waals surface area contributed by atoms with Crippen LogP contribution in [0.4, 0.5) is 5.82 Å². The summed E-state index contributed by atoms with van der Waals surface area (Å²) in [6.45, 7) is 4.62. The average Bonchev–Trinajstić information content (AvgIpc) is 3.31. The highest BCUT2D eigenvalue weighted by Gasteiger charge is 2.51. The maximum atomic E-state index is 12.4. The molecule has 1 saturated heterocycles. The number of esters is 1. The Kier molecular flexibility index (Phi) is 4.86. The van der Waals surface area contributed by atoms with Crippen LogP contribution in [0.15, 0.2) is 43.0 Å². The summed E-state index contributed by atoms with van der Waals surface area (Å²) < 4.78 is 19.7. The molecule has 2 fully saturated rings. The normalized spacial score (nSPS) is 27.2. The van der Waals surface area contributed by atoms with Gasteiger partial charge in [0.25, 0.3) is 0 Å². The van der Waals surface area contributed by atoms with Crippen molar-refractivity contribution < 1.29 is 19.0 Å². The number of fused-ring (bicyclic) bond motifs is 1. The molecule has 3 heterocycles. The van der Waals surface area contributed by atoms with Crippen molar-refractivity contribution >= 4 is 23.0 Å². The largest absolute Gasteiger partial charge is 0.462 e. The summed E-state index contributed by atoms with van der Waals surface area (Å²) in [5.74, 6) is -0.384. The van der Waals surface area contributed by atoms with E-state index in [9.17, 15) is 4.79 Å². The van der Waals surface area contributed by atoms with Gasteiger partial charge in [-0.15, -0.1) is 0 Å². The first-order chi connectivity index (χ1) is 14.9. The number of rotatable bonds is 5. The molecule has 1 aromatic carbocycles. The van der Waals surface area contributed by atoms with Crippen molar-refractivity contribution in [1.29, 1.82) is 0 Å². The first-order valence-electron chi connectivity index (χ1n) is 10.4. The summed E-state index contributed by atoms with van der Waals surface area (Å²) in [5.41, 5.74) is 7.78. The summed E-state index contributed by atoms with van der Waals surface area (Å²) in [5, 5.41) is 0. The number of benzene rings is 1. The van der Waals surface area contributed by atoms with Gasteiger partial charge in [-0.2, -0.15) is 0 Å². The molecule has 2 N–H and O–H groups in total. The molecule has 0 unspecified atom stereocenters. The zero-order valence-corrected chi connectivity index (χ0v) is 17.5. The number of hydrogen-bond donors (Lipinski definition) is 1. The number of nitrogen functional groups attached to an aromatic ring is 1. The van der Waals surface area contributed by atoms with E-state index in [0.717, 1.165) is 6.42 Å². The molecule has 0 spiro atoms. The SMILES string of the molecule is CC1(C)OC[C@H]([C@@H]2[C@@H](COC(=O)c3ccccc3)C[C@H]2n2cnc3c(N)ncnc32)O1. The molecule has 1 saturated carbocycles. The molecule has 0 amide bonds. The molecule has 5 rings (SSSR count). The second-order valence-corrected chi connectivity index (χ2v) is 8.56. The minimum absolute atomic E-state index is 0.0824. The summed E-state index contributed by atoms with van der Waals surface area (Å²) in [6.07, 6.45) is 3.88. The topological polar surface area (TPSA) is 114 Å². The van der Waals surface area contributed by atoms with Crippen LogP contribution in [-0.2, 0) is 14.2 Å². The third-order valence-electron chi connectivity index (χ3n) is 6.17. The Morgan fingerprint density at radius 1 is 1.26 bits per heavy atom. The van der Waals surface area contributed by atoms with Gasteiger partial charge in [0.2, 0.25) is 0 Å². The van der Waals surface area contributed by atoms with Crippen molar-refractivity contribution in [2.75, 3.05) is 18.9 Å². The van der Waals surface area contributed by atoms with Gasteiger partial charge in [0, 0.05) is 17.9 Å². The Labute approximate surface area is 179 Å². The number of imidazole rings is 1. The molecule has 162 valence electrons. The molecule has 0 bridgehead atoms. The first kappa shape index (κ1) is 19.9. The highest BCUT2D eigenvalue weighted by Crippen LogP contribution is 2.50. The van der Waals surface area contributed by atoms with Gasteiger partial charge in [-0.1, -0.05) is 18.2 Å². The molecular formula is C22H25N5O4. The number of carbonyl (C=O) groups excluding carboxylic acids is 1. The van der Waals surface area contributed by atoms with Crippen LogP contribution in [0.3, 0.4) is 0 Å². The second kappa shape index (κ2) is 7.58. The maximum absolute atomic E-state index is 12.4. The van der Waals surface area contributed by atoms with Crippen molar-refractivity contribution in [2.24, 2.45) is 11.8 Å². The van der Waals surface area contributed by atoms with E-state index in [1.54, 1.807) is 18.5 Å². The third kappa shape index (κ3) is 3.64. The Hall–Kier alpha value is -3.04. The summed E-state index contributed by atoms with van der Waals surface area (Å²) in [7, 11) is 0. The fourth-order valence-corrected chi connectivity index (χ4v) is 4.63. The number of carbonyl (C=O) groups is 1. The fourth-order valence-electron chi connectivity index (χ4n) is 4.63. The van der Waals surface area contributed by atoms with Crippen LogP contribution in [0.2, 0.25) is 0 Å². The lowest BCUT2D eigenvalue weighted by Crippen LogP contribution is -2.48. The smallest absolute Gasteiger partial charge is 0.338 e. The number of ether oxygens (including phenoxy) is 3. The molecule has 1 aliphatic carbocycles. The Morgan fingerprint density at radius 3 is 2.81 bits per heavy atom. The lowest BCUT2D eigenvalue weighted by Gasteiger charge is -2.47. The standard InChI is InChI=1S/C22H25N5O4/c1-22(2)30-10-16(31-22)17-14(9-29-21(28)13-6-4-3-5-7-13)8-15(17)27-12-26-18-19(23)24-11-25-20(18)27/h3-7,11-12,14-17H,8-10H2,1-2H3,(H2,23,24,25)/t14-,15-,16-,17-/m1/s1. The van der Waals surface area contributed by atoms with E-state index in [2.05, 4.69) is 15.0 Å². The zero-order chi connectivity index (χ0) is 21.6. The summed E-state index contributed by atoms with van der Waals surface area (Å²) in [4.78, 5) is 25.2. The molecule has 4 atom stereocenters. The van der Waals surface area contributed by atoms with E-state index in [1.165, 1.54) is 6.33 Å². The fraction of sp³-hybridized carbons (Fsp3) is 0.455. The van der Waals surface area contributed by atoms with Gasteiger partial charge in [-0.3, -0.25) is 0 Å². The van der Waals surface area contributed by atoms with E-state index < -0.39 is 5.79 Å². The van der Waals surface area contributed by atoms with E-state index in [0.29, 0.717) is 35.8 Å². The Balaban J connectivity index is 1.37. The summed E-state index contributed by atoms with van der Waals surface area (Å²) in [6, 6.07) is 9.10. The molecule has 1 aliphatic heterocycles. The monoisotopic (exact) mass is 423 g/mol. The Morgan fingerprint density at radius 2 is 2.06 bits per heavy atom. The molecule has 0 radical (unpaired) electrons. The highest BCUT2D eigenvalue weighted by molar-refractivity contribution is 5.89. The molecule has 2 aromatic heterocycles. The van der Waals surface area contributed by atoms with Gasteiger partial charge >= 0.3 is 5.97 Å². The number of anilines is 1. The molecule has 2 aliphatic rings. The van der Waals surface area contributed by atoms with Crippen molar-refractivity contribution in [3.05, 3.63) is 48.5 Å². The number of nitrogens with two attached hydrogens (primary N) is 1. The van der Waals surface area contributed by atoms with Crippen LogP contribution < -0.4 is 5.73 Å². The lowest BCUT2D eigenvalue weighted by molar-refractivity contribution is -0.161. The van der Waals surface area contributed by atoms with Crippen LogP contribution in [0.5, 0.6) is 0 Å². The van der Waals surface area contributed by atoms with Crippen molar-refractivity contribution in [1.82, 2.24) is 19.5 Å². The number of aromatic nitrogens is 4. The predicted molar refractivity (Wildman–Crippen MR) is 112 cm³/mol. The van der Waals surface area contributed by atoms with Crippen molar-refractivity contribution in [3.8, 4) is 0 Å². The molecule has 3 aromatic rings. The van der Waals surface area contributed by atoms with E-state index in [1.807, 2.05) is 36.6 Å².